The number of nitrogens with one attached hydrogen (secondary N) is 2. The van der Waals surface area contributed by atoms with Crippen LogP contribution in [0.15, 0.2) is 94.7 Å². The largest absolute Gasteiger partial charge is 0.483 e. The monoisotopic (exact) mass is 738 g/mol. The van der Waals surface area contributed by atoms with Crippen molar-refractivity contribution in [3.05, 3.63) is 120 Å². The first-order chi connectivity index (χ1) is 24.7. The first-order valence-corrected chi connectivity index (χ1v) is 18.5. The third kappa shape index (κ3) is 5.08. The number of fused-ring (bicyclic) bond motifs is 10. The number of nitro benzene ring substituents is 1. The van der Waals surface area contributed by atoms with Crippen molar-refractivity contribution in [3.63, 3.8) is 0 Å². The molecule has 2 saturated carbocycles. The molecule has 0 spiro atoms. The van der Waals surface area contributed by atoms with Crippen LogP contribution in [-0.2, 0) is 14.4 Å². The van der Waals surface area contributed by atoms with Crippen molar-refractivity contribution in [1.82, 2.24) is 4.98 Å². The van der Waals surface area contributed by atoms with Crippen LogP contribution in [0.2, 0.25) is 5.02 Å². The number of thioether (sulfide) groups is 1. The molecular weight excluding hydrogens is 712 g/mol. The van der Waals surface area contributed by atoms with Crippen molar-refractivity contribution in [2.75, 3.05) is 16.8 Å². The van der Waals surface area contributed by atoms with E-state index >= 15 is 0 Å². The highest BCUT2D eigenvalue weighted by molar-refractivity contribution is 8.00. The van der Waals surface area contributed by atoms with Crippen molar-refractivity contribution in [3.8, 4) is 5.75 Å². The number of non-ortho nitro benzene ring substituents is 1. The van der Waals surface area contributed by atoms with Crippen LogP contribution in [-0.4, -0.2) is 39.5 Å². The van der Waals surface area contributed by atoms with Crippen LogP contribution in [0.3, 0.4) is 0 Å². The molecule has 2 aliphatic carbocycles. The molecule has 1 saturated heterocycles. The number of hydrogen-bond acceptors (Lipinski definition) is 9. The molecule has 2 N–H and O–H groups in total. The lowest BCUT2D eigenvalue weighted by molar-refractivity contribution is -0.384. The summed E-state index contributed by atoms with van der Waals surface area (Å²) in [5.74, 6) is -2.48. The molecule has 4 aromatic carbocycles. The smallest absolute Gasteiger partial charge is 0.305 e. The fourth-order valence-electron chi connectivity index (χ4n) is 8.90. The maximum Gasteiger partial charge on any atom is 0.305 e. The highest BCUT2D eigenvalue weighted by atomic mass is 35.5. The highest BCUT2D eigenvalue weighted by Crippen LogP contribution is 2.69. The number of nitro groups is 1. The molecule has 256 valence electrons. The van der Waals surface area contributed by atoms with Gasteiger partial charge in [0.15, 0.2) is 6.61 Å². The number of aromatic amines is 1. The lowest BCUT2D eigenvalue weighted by Crippen LogP contribution is -2.42. The number of anilines is 2. The maximum absolute atomic E-state index is 14.1. The first-order valence-electron chi connectivity index (χ1n) is 16.4. The number of ether oxygens (including phenoxy) is 1. The number of carbonyl (C=O) groups excluding carboxylic acids is 3. The van der Waals surface area contributed by atoms with Gasteiger partial charge < -0.3 is 15.0 Å². The topological polar surface area (TPSA) is 152 Å². The third-order valence-corrected chi connectivity index (χ3v) is 13.6. The average molecular weight is 739 g/mol. The van der Waals surface area contributed by atoms with E-state index in [1.54, 1.807) is 30.0 Å². The summed E-state index contributed by atoms with van der Waals surface area (Å²) in [4.78, 5) is 69.6. The van der Waals surface area contributed by atoms with Crippen LogP contribution < -0.4 is 19.8 Å². The Hall–Kier alpha value is -4.98. The predicted octanol–water partition coefficient (Wildman–Crippen LogP) is 6.85. The van der Waals surface area contributed by atoms with E-state index in [9.17, 15) is 29.3 Å². The minimum atomic E-state index is -0.575. The Balaban J connectivity index is 1.04. The number of thiazole rings is 1. The zero-order valence-corrected chi connectivity index (χ0v) is 28.9. The van der Waals surface area contributed by atoms with E-state index < -0.39 is 22.7 Å². The molecule has 0 unspecified atom stereocenters. The predicted molar refractivity (Wildman–Crippen MR) is 194 cm³/mol. The summed E-state index contributed by atoms with van der Waals surface area (Å²) in [5.41, 5.74) is 1.56. The second kappa shape index (κ2) is 12.1. The number of imide groups is 1. The van der Waals surface area contributed by atoms with Gasteiger partial charge in [-0.05, 0) is 66.0 Å². The second-order valence-electron chi connectivity index (χ2n) is 13.3. The van der Waals surface area contributed by atoms with Gasteiger partial charge in [-0.2, -0.15) is 0 Å². The molecule has 7 atom stereocenters. The Kier molecular flexibility index (Phi) is 7.56. The fraction of sp³-hybridized carbons (Fsp3) is 0.243. The minimum Gasteiger partial charge on any atom is -0.483 e. The van der Waals surface area contributed by atoms with Gasteiger partial charge in [0, 0.05) is 49.8 Å². The van der Waals surface area contributed by atoms with Gasteiger partial charge >= 0.3 is 4.87 Å². The molecule has 9 rings (SSSR count). The van der Waals surface area contributed by atoms with E-state index in [1.165, 1.54) is 29.2 Å². The number of halogens is 1. The molecule has 11 nitrogen and oxygen atoms in total. The lowest BCUT2D eigenvalue weighted by atomic mass is 9.68. The van der Waals surface area contributed by atoms with Gasteiger partial charge in [-0.15, -0.1) is 11.8 Å². The molecule has 3 heterocycles. The maximum atomic E-state index is 14.1. The molecular formula is C37H27ClN4O7S2. The van der Waals surface area contributed by atoms with Crippen LogP contribution >= 0.6 is 34.7 Å². The Labute approximate surface area is 303 Å². The summed E-state index contributed by atoms with van der Waals surface area (Å²) in [6.45, 7) is -0.280. The van der Waals surface area contributed by atoms with Gasteiger partial charge in [0.05, 0.1) is 27.5 Å². The van der Waals surface area contributed by atoms with Crippen LogP contribution in [0.4, 0.5) is 17.1 Å². The number of benzene rings is 4. The van der Waals surface area contributed by atoms with Gasteiger partial charge in [0.25, 0.3) is 11.6 Å². The number of carbonyl (C=O) groups is 3. The molecule has 51 heavy (non-hydrogen) atoms. The quantitative estimate of drug-likeness (QED) is 0.105. The summed E-state index contributed by atoms with van der Waals surface area (Å²) in [5, 5.41) is 17.2. The summed E-state index contributed by atoms with van der Waals surface area (Å²) >= 11 is 9.28. The molecule has 5 aromatic rings. The number of rotatable bonds is 7. The van der Waals surface area contributed by atoms with Crippen LogP contribution in [0.25, 0.3) is 10.8 Å². The number of hydrogen-bond donors (Lipinski definition) is 2. The fourth-order valence-corrected chi connectivity index (χ4v) is 12.0. The van der Waals surface area contributed by atoms with Gasteiger partial charge in [0.2, 0.25) is 11.8 Å². The van der Waals surface area contributed by atoms with Gasteiger partial charge in [-0.25, -0.2) is 0 Å². The number of aromatic nitrogens is 1. The Morgan fingerprint density at radius 2 is 1.73 bits per heavy atom. The molecule has 3 amide bonds. The zero-order valence-electron chi connectivity index (χ0n) is 26.5. The molecule has 2 aliphatic heterocycles. The number of nitrogens with zero attached hydrogens (tertiary/aromatic N) is 2. The van der Waals surface area contributed by atoms with Crippen LogP contribution in [0.1, 0.15) is 22.8 Å². The van der Waals surface area contributed by atoms with Crippen molar-refractivity contribution < 1.29 is 24.0 Å². The molecule has 0 radical (unpaired) electrons. The van der Waals surface area contributed by atoms with Gasteiger partial charge in [0.1, 0.15) is 5.75 Å². The summed E-state index contributed by atoms with van der Waals surface area (Å²) < 4.78 is 6.23. The Bertz CT molecular complexity index is 2360. The highest BCUT2D eigenvalue weighted by Gasteiger charge is 2.70. The van der Waals surface area contributed by atoms with E-state index in [2.05, 4.69) is 10.3 Å². The second-order valence-corrected chi connectivity index (χ2v) is 15.9. The summed E-state index contributed by atoms with van der Waals surface area (Å²) in [7, 11) is 0. The van der Waals surface area contributed by atoms with Crippen LogP contribution in [0.5, 0.6) is 5.75 Å². The Morgan fingerprint density at radius 3 is 2.51 bits per heavy atom. The SMILES string of the molecule is O=C(COc1ccc(Cl)cc1[C@@H]1c2sc(=O)[nH]c2S[C@@H]2[C@@H]3C[C@@H]([C@@H]4C(=O)N(c5ccc([N+](=O)[O-])cc5)C(=O)[C@@H]34)[C@H]12)Nc1cccc2ccccc12. The number of amides is 3. The zero-order chi connectivity index (χ0) is 35.1. The minimum absolute atomic E-state index is 0.0888. The van der Waals surface area contributed by atoms with Gasteiger partial charge in [-0.3, -0.25) is 34.2 Å². The van der Waals surface area contributed by atoms with Crippen molar-refractivity contribution >= 4 is 80.3 Å². The van der Waals surface area contributed by atoms with E-state index in [0.29, 0.717) is 34.1 Å². The third-order valence-electron chi connectivity index (χ3n) is 10.8. The van der Waals surface area contributed by atoms with Crippen molar-refractivity contribution in [1.29, 1.82) is 0 Å². The molecule has 1 aromatic heterocycles. The van der Waals surface area contributed by atoms with E-state index in [0.717, 1.165) is 32.0 Å². The van der Waals surface area contributed by atoms with Crippen molar-refractivity contribution in [2.45, 2.75) is 22.6 Å². The van der Waals surface area contributed by atoms with E-state index in [-0.39, 0.29) is 57.9 Å². The molecule has 3 fully saturated rings. The molecule has 4 aliphatic rings. The van der Waals surface area contributed by atoms with E-state index in [1.807, 2.05) is 42.5 Å². The summed E-state index contributed by atoms with van der Waals surface area (Å²) in [6, 6.07) is 24.1. The van der Waals surface area contributed by atoms with Crippen molar-refractivity contribution in [2.24, 2.45) is 29.6 Å². The summed E-state index contributed by atoms with van der Waals surface area (Å²) in [6.07, 6.45) is 0.670. The average Bonchev–Trinajstić information content (AvgIpc) is 3.86. The molecule has 2 bridgehead atoms. The van der Waals surface area contributed by atoms with E-state index in [4.69, 9.17) is 16.3 Å². The molecule has 14 heteroatoms. The normalized spacial score (nSPS) is 25.8. The number of H-pyrrole nitrogens is 1. The first kappa shape index (κ1) is 32.0. The Morgan fingerprint density at radius 1 is 0.980 bits per heavy atom. The lowest BCUT2D eigenvalue weighted by Gasteiger charge is -2.43. The van der Waals surface area contributed by atoms with Crippen LogP contribution in [0, 0.1) is 39.7 Å². The van der Waals surface area contributed by atoms with Gasteiger partial charge in [-0.1, -0.05) is 59.3 Å². The standard InChI is InChI=1S/C37H27ClN4O7S2/c38-18-8-13-26(49-16-27(43)39-25-7-3-5-17-4-1-2-6-21(17)25)22(14-18)28-29-23-15-24(32(29)50-34-33(28)51-37(46)40-34)31-30(23)35(44)41(36(31)45)19-9-11-20(12-10-19)42(47)48/h1-14,23-24,28-32H,15-16H2,(H,39,43)(H,40,46)/t23-,24-,28+,29-,30+,31+,32-/m1/s1.